The molecule has 0 spiro atoms. The summed E-state index contributed by atoms with van der Waals surface area (Å²) in [4.78, 5) is 18.1. The molecule has 0 aromatic carbocycles. The number of aryl methyl sites for hydroxylation is 1. The van der Waals surface area contributed by atoms with E-state index in [9.17, 15) is 4.79 Å². The lowest BCUT2D eigenvalue weighted by Crippen LogP contribution is -2.47. The minimum atomic E-state index is 0.0600. The summed E-state index contributed by atoms with van der Waals surface area (Å²) in [6.07, 6.45) is 8.23. The second kappa shape index (κ2) is 5.59. The molecule has 0 saturated carbocycles. The predicted octanol–water partition coefficient (Wildman–Crippen LogP) is 0.954. The summed E-state index contributed by atoms with van der Waals surface area (Å²) < 4.78 is 4.16. The van der Waals surface area contributed by atoms with E-state index in [-0.39, 0.29) is 6.03 Å². The van der Waals surface area contributed by atoms with E-state index in [1.165, 1.54) is 17.7 Å². The fourth-order valence-corrected chi connectivity index (χ4v) is 4.09. The summed E-state index contributed by atoms with van der Waals surface area (Å²) in [5.74, 6) is 0. The van der Waals surface area contributed by atoms with Gasteiger partial charge in [0.05, 0.1) is 24.1 Å². The number of likely N-dealkylation sites (tertiary alicyclic amines) is 1. The van der Waals surface area contributed by atoms with Crippen molar-refractivity contribution in [2.75, 3.05) is 38.1 Å². The molecule has 2 fully saturated rings. The quantitative estimate of drug-likeness (QED) is 0.831. The third kappa shape index (κ3) is 2.43. The van der Waals surface area contributed by atoms with Crippen LogP contribution in [0.4, 0.5) is 10.5 Å². The molecule has 25 heavy (non-hydrogen) atoms. The van der Waals surface area contributed by atoms with Gasteiger partial charge in [-0.1, -0.05) is 0 Å². The van der Waals surface area contributed by atoms with Crippen molar-refractivity contribution in [3.8, 4) is 0 Å². The molecule has 5 rings (SSSR count). The fourth-order valence-electron chi connectivity index (χ4n) is 4.09. The van der Waals surface area contributed by atoms with Gasteiger partial charge in [-0.25, -0.2) is 4.79 Å². The Morgan fingerprint density at radius 2 is 2.04 bits per heavy atom. The predicted molar refractivity (Wildman–Crippen MR) is 92.5 cm³/mol. The van der Waals surface area contributed by atoms with Crippen molar-refractivity contribution >= 4 is 11.7 Å². The van der Waals surface area contributed by atoms with Crippen molar-refractivity contribution in [3.05, 3.63) is 29.8 Å². The summed E-state index contributed by atoms with van der Waals surface area (Å²) in [7, 11) is 1.84. The van der Waals surface area contributed by atoms with Crippen LogP contribution in [0.2, 0.25) is 0 Å². The second-order valence-electron chi connectivity index (χ2n) is 7.33. The van der Waals surface area contributed by atoms with Gasteiger partial charge in [0, 0.05) is 63.8 Å². The molecule has 0 aliphatic carbocycles. The van der Waals surface area contributed by atoms with Crippen LogP contribution in [0.15, 0.2) is 18.6 Å². The maximum Gasteiger partial charge on any atom is 0.324 e. The molecule has 0 unspecified atom stereocenters. The van der Waals surface area contributed by atoms with Crippen LogP contribution in [0.1, 0.15) is 23.7 Å². The van der Waals surface area contributed by atoms with Crippen molar-refractivity contribution in [1.82, 2.24) is 29.4 Å². The maximum absolute atomic E-state index is 12.1. The van der Waals surface area contributed by atoms with Crippen LogP contribution in [-0.2, 0) is 19.5 Å². The number of aromatic nitrogens is 4. The van der Waals surface area contributed by atoms with Gasteiger partial charge >= 0.3 is 6.03 Å². The van der Waals surface area contributed by atoms with Crippen LogP contribution in [0.25, 0.3) is 0 Å². The number of rotatable bonds is 4. The summed E-state index contributed by atoms with van der Waals surface area (Å²) in [5.41, 5.74) is 3.70. The first-order valence-corrected chi connectivity index (χ1v) is 9.02. The number of carbonyl (C=O) groups excluding carboxylic acids is 1. The van der Waals surface area contributed by atoms with Gasteiger partial charge in [0.15, 0.2) is 0 Å². The molecular formula is C17H23N7O. The Morgan fingerprint density at radius 3 is 2.84 bits per heavy atom. The van der Waals surface area contributed by atoms with E-state index in [1.54, 1.807) is 9.80 Å². The topological polar surface area (TPSA) is 62.4 Å². The number of anilines is 1. The summed E-state index contributed by atoms with van der Waals surface area (Å²) in [5, 5.41) is 8.97. The normalized spacial score (nSPS) is 21.2. The highest BCUT2D eigenvalue weighted by Crippen LogP contribution is 2.28. The minimum absolute atomic E-state index is 0.0600. The molecule has 2 aromatic rings. The van der Waals surface area contributed by atoms with Gasteiger partial charge in [-0.3, -0.25) is 19.2 Å². The zero-order chi connectivity index (χ0) is 17.0. The molecule has 8 nitrogen and oxygen atoms in total. The highest BCUT2D eigenvalue weighted by molar-refractivity contribution is 5.93. The number of likely N-dealkylation sites (N-methyl/N-ethyl adjacent to an activating group) is 1. The fraction of sp³-hybridized carbons (Fsp3) is 0.588. The molecule has 3 aliphatic heterocycles. The number of carbonyl (C=O) groups is 1. The number of nitrogens with zero attached hydrogens (tertiary/aromatic N) is 7. The summed E-state index contributed by atoms with van der Waals surface area (Å²) in [6.45, 7) is 5.56. The molecule has 2 aromatic heterocycles. The van der Waals surface area contributed by atoms with Crippen molar-refractivity contribution in [3.63, 3.8) is 0 Å². The van der Waals surface area contributed by atoms with Crippen LogP contribution in [0.5, 0.6) is 0 Å². The smallest absolute Gasteiger partial charge is 0.324 e. The molecule has 5 heterocycles. The van der Waals surface area contributed by atoms with Gasteiger partial charge in [-0.05, 0) is 12.8 Å². The Kier molecular flexibility index (Phi) is 3.34. The summed E-state index contributed by atoms with van der Waals surface area (Å²) >= 11 is 0. The van der Waals surface area contributed by atoms with Crippen molar-refractivity contribution < 1.29 is 4.79 Å². The summed E-state index contributed by atoms with van der Waals surface area (Å²) in [6, 6.07) is 0.456. The Morgan fingerprint density at radius 1 is 1.16 bits per heavy atom. The number of urea groups is 1. The molecule has 0 bridgehead atoms. The average molecular weight is 341 g/mol. The zero-order valence-electron chi connectivity index (χ0n) is 14.5. The highest BCUT2D eigenvalue weighted by atomic mass is 16.2. The molecule has 8 heteroatoms. The highest BCUT2D eigenvalue weighted by Gasteiger charge is 2.32. The van der Waals surface area contributed by atoms with Crippen LogP contribution in [0.3, 0.4) is 0 Å². The van der Waals surface area contributed by atoms with E-state index < -0.39 is 0 Å². The zero-order valence-corrected chi connectivity index (χ0v) is 14.5. The number of hydrogen-bond donors (Lipinski definition) is 0. The van der Waals surface area contributed by atoms with Gasteiger partial charge in [0.25, 0.3) is 0 Å². The maximum atomic E-state index is 12.1. The number of hydrogen-bond acceptors (Lipinski definition) is 4. The van der Waals surface area contributed by atoms with E-state index in [1.807, 2.05) is 30.3 Å². The third-order valence-electron chi connectivity index (χ3n) is 5.64. The molecular weight excluding hydrogens is 318 g/mol. The molecule has 132 valence electrons. The van der Waals surface area contributed by atoms with E-state index in [4.69, 9.17) is 0 Å². The van der Waals surface area contributed by atoms with Crippen LogP contribution < -0.4 is 4.90 Å². The van der Waals surface area contributed by atoms with Crippen LogP contribution in [-0.4, -0.2) is 68.6 Å². The first kappa shape index (κ1) is 14.9. The van der Waals surface area contributed by atoms with Crippen LogP contribution >= 0.6 is 0 Å². The van der Waals surface area contributed by atoms with Gasteiger partial charge < -0.3 is 4.90 Å². The van der Waals surface area contributed by atoms with E-state index in [2.05, 4.69) is 19.8 Å². The van der Waals surface area contributed by atoms with Crippen molar-refractivity contribution in [2.24, 2.45) is 0 Å². The number of amides is 2. The molecule has 0 N–H and O–H groups in total. The largest absolute Gasteiger partial charge is 0.326 e. The average Bonchev–Trinajstić information content (AvgIpc) is 3.30. The minimum Gasteiger partial charge on any atom is -0.326 e. The molecule has 3 aliphatic rings. The van der Waals surface area contributed by atoms with E-state index in [0.29, 0.717) is 6.04 Å². The van der Waals surface area contributed by atoms with Gasteiger partial charge in [0.1, 0.15) is 0 Å². The first-order valence-electron chi connectivity index (χ1n) is 9.02. The lowest BCUT2D eigenvalue weighted by atomic mass is 10.1. The van der Waals surface area contributed by atoms with Gasteiger partial charge in [-0.15, -0.1) is 0 Å². The molecule has 2 saturated heterocycles. The lowest BCUT2D eigenvalue weighted by molar-refractivity contribution is 0.0906. The first-order chi connectivity index (χ1) is 12.2. The van der Waals surface area contributed by atoms with E-state index >= 15 is 0 Å². The second-order valence-corrected chi connectivity index (χ2v) is 7.33. The Hall–Kier alpha value is -2.35. The lowest BCUT2D eigenvalue weighted by Gasteiger charge is -2.39. The Balaban J connectivity index is 1.20. The third-order valence-corrected chi connectivity index (χ3v) is 5.64. The molecule has 0 radical (unpaired) electrons. The van der Waals surface area contributed by atoms with E-state index in [0.717, 1.165) is 51.4 Å². The number of fused-ring (bicyclic) bond motifs is 1. The molecule has 0 atom stereocenters. The molecule has 2 amide bonds. The van der Waals surface area contributed by atoms with Gasteiger partial charge in [-0.2, -0.15) is 10.2 Å². The SMILES string of the molecule is CN1CCN(c2cnn(C3CN(Cc4cnn5c4CCC5)C3)c2)C1=O. The Bertz CT molecular complexity index is 804. The van der Waals surface area contributed by atoms with Crippen molar-refractivity contribution in [1.29, 1.82) is 0 Å². The monoisotopic (exact) mass is 341 g/mol. The van der Waals surface area contributed by atoms with Crippen molar-refractivity contribution in [2.45, 2.75) is 32.0 Å². The standard InChI is InChI=1S/C17H23N7O/c1-20-5-6-22(17(20)25)14-8-19-24(12-14)15-10-21(11-15)9-13-7-18-23-4-2-3-16(13)23/h7-8,12,15H,2-6,9-11H2,1H3. The van der Waals surface area contributed by atoms with Gasteiger partial charge in [0.2, 0.25) is 0 Å². The Labute approximate surface area is 146 Å². The van der Waals surface area contributed by atoms with Crippen LogP contribution in [0, 0.1) is 0 Å².